The first-order valence-electron chi connectivity index (χ1n) is 5.51. The van der Waals surface area contributed by atoms with Crippen molar-refractivity contribution in [3.63, 3.8) is 0 Å². The number of rotatable bonds is 6. The van der Waals surface area contributed by atoms with Crippen LogP contribution in [0.1, 0.15) is 19.4 Å². The minimum absolute atomic E-state index is 0.167. The van der Waals surface area contributed by atoms with Crippen molar-refractivity contribution in [2.45, 2.75) is 26.4 Å². The molecular formula is C12H20N2O2. The van der Waals surface area contributed by atoms with E-state index in [9.17, 15) is 0 Å². The van der Waals surface area contributed by atoms with Crippen LogP contribution in [0, 0.1) is 0 Å². The Labute approximate surface area is 96.9 Å². The highest BCUT2D eigenvalue weighted by molar-refractivity contribution is 5.25. The van der Waals surface area contributed by atoms with Gasteiger partial charge in [-0.2, -0.15) is 0 Å². The Balaban J connectivity index is 2.76. The summed E-state index contributed by atoms with van der Waals surface area (Å²) < 4.78 is 5.20. The molecule has 0 atom stereocenters. The van der Waals surface area contributed by atoms with Crippen molar-refractivity contribution in [1.82, 2.24) is 9.88 Å². The molecule has 90 valence electrons. The van der Waals surface area contributed by atoms with Gasteiger partial charge >= 0.3 is 0 Å². The summed E-state index contributed by atoms with van der Waals surface area (Å²) in [6.45, 7) is 5.79. The molecule has 0 aliphatic heterocycles. The van der Waals surface area contributed by atoms with Crippen LogP contribution in [0.15, 0.2) is 18.3 Å². The molecule has 0 radical (unpaired) electrons. The van der Waals surface area contributed by atoms with Gasteiger partial charge in [-0.3, -0.25) is 4.90 Å². The summed E-state index contributed by atoms with van der Waals surface area (Å²) in [5.74, 6) is 0.658. The maximum Gasteiger partial charge on any atom is 0.217 e. The lowest BCUT2D eigenvalue weighted by Gasteiger charge is -2.25. The van der Waals surface area contributed by atoms with Crippen molar-refractivity contribution in [3.8, 4) is 5.88 Å². The van der Waals surface area contributed by atoms with Crippen LogP contribution in [0.5, 0.6) is 5.88 Å². The van der Waals surface area contributed by atoms with Crippen LogP contribution in [-0.2, 0) is 6.54 Å². The zero-order valence-electron chi connectivity index (χ0n) is 10.2. The van der Waals surface area contributed by atoms with E-state index in [0.717, 1.165) is 12.1 Å². The van der Waals surface area contributed by atoms with Crippen LogP contribution in [0.4, 0.5) is 0 Å². The third-order valence-corrected chi connectivity index (χ3v) is 2.53. The molecule has 0 unspecified atom stereocenters. The van der Waals surface area contributed by atoms with Crippen molar-refractivity contribution < 1.29 is 9.84 Å². The lowest BCUT2D eigenvalue weighted by atomic mass is 10.2. The molecule has 1 N–H and O–H groups in total. The fraction of sp³-hybridized carbons (Fsp3) is 0.583. The molecular weight excluding hydrogens is 204 g/mol. The first-order valence-corrected chi connectivity index (χ1v) is 5.51. The fourth-order valence-electron chi connectivity index (χ4n) is 1.60. The molecule has 4 nitrogen and oxygen atoms in total. The highest BCUT2D eigenvalue weighted by Gasteiger charge is 2.12. The van der Waals surface area contributed by atoms with E-state index in [0.29, 0.717) is 18.5 Å². The number of hydrogen-bond acceptors (Lipinski definition) is 4. The minimum Gasteiger partial charge on any atom is -0.481 e. The summed E-state index contributed by atoms with van der Waals surface area (Å²) in [5, 5.41) is 9.00. The van der Waals surface area contributed by atoms with E-state index in [2.05, 4.69) is 23.7 Å². The maximum atomic E-state index is 9.00. The van der Waals surface area contributed by atoms with Crippen LogP contribution in [0.25, 0.3) is 0 Å². The number of ether oxygens (including phenoxy) is 1. The number of aromatic nitrogens is 1. The molecule has 0 aromatic carbocycles. The average molecular weight is 224 g/mol. The van der Waals surface area contributed by atoms with Gasteiger partial charge in [0, 0.05) is 30.9 Å². The molecule has 0 bridgehead atoms. The second-order valence-electron chi connectivity index (χ2n) is 3.96. The Bertz CT molecular complexity index is 316. The van der Waals surface area contributed by atoms with Gasteiger partial charge in [-0.25, -0.2) is 4.98 Å². The zero-order valence-corrected chi connectivity index (χ0v) is 10.2. The van der Waals surface area contributed by atoms with Gasteiger partial charge in [-0.15, -0.1) is 0 Å². The standard InChI is InChI=1S/C12H20N2O2/c1-10(2)14(7-8-15)9-11-5-4-6-13-12(11)16-3/h4-6,10,15H,7-9H2,1-3H3. The normalized spacial score (nSPS) is 11.1. The topological polar surface area (TPSA) is 45.6 Å². The largest absolute Gasteiger partial charge is 0.481 e. The van der Waals surface area contributed by atoms with Crippen LogP contribution in [0.2, 0.25) is 0 Å². The SMILES string of the molecule is COc1ncccc1CN(CCO)C(C)C. The van der Waals surface area contributed by atoms with Crippen molar-refractivity contribution in [3.05, 3.63) is 23.9 Å². The maximum absolute atomic E-state index is 9.00. The molecule has 0 aliphatic carbocycles. The molecule has 1 aromatic heterocycles. The van der Waals surface area contributed by atoms with E-state index < -0.39 is 0 Å². The third-order valence-electron chi connectivity index (χ3n) is 2.53. The summed E-state index contributed by atoms with van der Waals surface area (Å²) in [6.07, 6.45) is 1.72. The predicted octanol–water partition coefficient (Wildman–Crippen LogP) is 1.29. The lowest BCUT2D eigenvalue weighted by molar-refractivity contribution is 0.157. The molecule has 0 saturated carbocycles. The average Bonchev–Trinajstić information content (AvgIpc) is 2.29. The molecule has 4 heteroatoms. The van der Waals surface area contributed by atoms with E-state index in [4.69, 9.17) is 9.84 Å². The van der Waals surface area contributed by atoms with Crippen LogP contribution in [0.3, 0.4) is 0 Å². The summed E-state index contributed by atoms with van der Waals surface area (Å²) in [7, 11) is 1.62. The molecule has 16 heavy (non-hydrogen) atoms. The van der Waals surface area contributed by atoms with E-state index in [-0.39, 0.29) is 6.61 Å². The summed E-state index contributed by atoms with van der Waals surface area (Å²) >= 11 is 0. The highest BCUT2D eigenvalue weighted by Crippen LogP contribution is 2.17. The fourth-order valence-corrected chi connectivity index (χ4v) is 1.60. The molecule has 0 saturated heterocycles. The number of methoxy groups -OCH3 is 1. The van der Waals surface area contributed by atoms with Gasteiger partial charge in [0.05, 0.1) is 13.7 Å². The summed E-state index contributed by atoms with van der Waals surface area (Å²) in [5.41, 5.74) is 1.05. The first-order chi connectivity index (χ1) is 7.69. The Morgan fingerprint density at radius 1 is 1.50 bits per heavy atom. The minimum atomic E-state index is 0.167. The molecule has 1 heterocycles. The number of pyridine rings is 1. The van der Waals surface area contributed by atoms with E-state index in [1.165, 1.54) is 0 Å². The Hall–Kier alpha value is -1.13. The van der Waals surface area contributed by atoms with Gasteiger partial charge in [0.2, 0.25) is 5.88 Å². The van der Waals surface area contributed by atoms with Crippen LogP contribution in [-0.4, -0.2) is 41.3 Å². The Morgan fingerprint density at radius 3 is 2.81 bits per heavy atom. The Kier molecular flexibility index (Phi) is 5.22. The van der Waals surface area contributed by atoms with Gasteiger partial charge < -0.3 is 9.84 Å². The second kappa shape index (κ2) is 6.45. The number of nitrogens with zero attached hydrogens (tertiary/aromatic N) is 2. The van der Waals surface area contributed by atoms with Gasteiger partial charge in [0.1, 0.15) is 0 Å². The van der Waals surface area contributed by atoms with Gasteiger partial charge in [-0.05, 0) is 19.9 Å². The second-order valence-corrected chi connectivity index (χ2v) is 3.96. The van der Waals surface area contributed by atoms with Crippen molar-refractivity contribution in [2.24, 2.45) is 0 Å². The Morgan fingerprint density at radius 2 is 2.25 bits per heavy atom. The van der Waals surface area contributed by atoms with E-state index in [1.54, 1.807) is 13.3 Å². The zero-order chi connectivity index (χ0) is 12.0. The summed E-state index contributed by atoms with van der Waals surface area (Å²) in [6, 6.07) is 4.28. The van der Waals surface area contributed by atoms with E-state index >= 15 is 0 Å². The van der Waals surface area contributed by atoms with Crippen molar-refractivity contribution in [2.75, 3.05) is 20.3 Å². The smallest absolute Gasteiger partial charge is 0.217 e. The highest BCUT2D eigenvalue weighted by atomic mass is 16.5. The number of aliphatic hydroxyl groups is 1. The molecule has 1 rings (SSSR count). The number of hydrogen-bond donors (Lipinski definition) is 1. The van der Waals surface area contributed by atoms with Crippen LogP contribution >= 0.6 is 0 Å². The van der Waals surface area contributed by atoms with Gasteiger partial charge in [0.15, 0.2) is 0 Å². The van der Waals surface area contributed by atoms with Gasteiger partial charge in [-0.1, -0.05) is 6.07 Å². The third kappa shape index (κ3) is 3.47. The molecule has 1 aromatic rings. The van der Waals surface area contributed by atoms with Crippen LogP contribution < -0.4 is 4.74 Å². The predicted molar refractivity (Wildman–Crippen MR) is 63.4 cm³/mol. The van der Waals surface area contributed by atoms with E-state index in [1.807, 2.05) is 12.1 Å². The molecule has 0 aliphatic rings. The molecule has 0 spiro atoms. The monoisotopic (exact) mass is 224 g/mol. The molecule has 0 fully saturated rings. The first kappa shape index (κ1) is 12.9. The number of aliphatic hydroxyl groups excluding tert-OH is 1. The van der Waals surface area contributed by atoms with Gasteiger partial charge in [0.25, 0.3) is 0 Å². The van der Waals surface area contributed by atoms with Crippen molar-refractivity contribution >= 4 is 0 Å². The molecule has 0 amide bonds. The lowest BCUT2D eigenvalue weighted by Crippen LogP contribution is -2.33. The van der Waals surface area contributed by atoms with Crippen molar-refractivity contribution in [1.29, 1.82) is 0 Å². The quantitative estimate of drug-likeness (QED) is 0.791. The summed E-state index contributed by atoms with van der Waals surface area (Å²) in [4.78, 5) is 6.34.